The maximum atomic E-state index is 13.5. The van der Waals surface area contributed by atoms with Crippen molar-refractivity contribution >= 4 is 9.84 Å². The smallest absolute Gasteiger partial charge is 0.151 e. The molecule has 1 fully saturated rings. The molecule has 1 atom stereocenters. The number of aryl methyl sites for hydroxylation is 2. The molecule has 1 aromatic rings. The molecule has 2 rings (SSSR count). The first-order valence-corrected chi connectivity index (χ1v) is 7.89. The van der Waals surface area contributed by atoms with Crippen LogP contribution in [0.3, 0.4) is 0 Å². The van der Waals surface area contributed by atoms with Gasteiger partial charge in [0.2, 0.25) is 0 Å². The van der Waals surface area contributed by atoms with Gasteiger partial charge in [0.1, 0.15) is 5.82 Å². The molecule has 1 aliphatic rings. The summed E-state index contributed by atoms with van der Waals surface area (Å²) >= 11 is 0. The fraction of sp³-hybridized carbons (Fsp3) is 0.538. The van der Waals surface area contributed by atoms with Crippen molar-refractivity contribution in [3.8, 4) is 0 Å². The second kappa shape index (κ2) is 4.97. The van der Waals surface area contributed by atoms with Crippen molar-refractivity contribution < 1.29 is 12.8 Å². The van der Waals surface area contributed by atoms with Gasteiger partial charge in [0.25, 0.3) is 0 Å². The third-order valence-electron chi connectivity index (χ3n) is 3.32. The van der Waals surface area contributed by atoms with Crippen molar-refractivity contribution in [3.05, 3.63) is 34.6 Å². The molecule has 0 saturated carbocycles. The summed E-state index contributed by atoms with van der Waals surface area (Å²) in [7, 11) is -2.85. The van der Waals surface area contributed by atoms with Crippen molar-refractivity contribution in [3.63, 3.8) is 0 Å². The van der Waals surface area contributed by atoms with E-state index in [0.717, 1.165) is 5.56 Å². The van der Waals surface area contributed by atoms with Gasteiger partial charge >= 0.3 is 0 Å². The molecule has 18 heavy (non-hydrogen) atoms. The maximum absolute atomic E-state index is 13.5. The van der Waals surface area contributed by atoms with Gasteiger partial charge < -0.3 is 5.32 Å². The second-order valence-corrected chi connectivity index (χ2v) is 7.25. The van der Waals surface area contributed by atoms with E-state index >= 15 is 0 Å². The Morgan fingerprint density at radius 3 is 2.44 bits per heavy atom. The molecule has 100 valence electrons. The number of hydrogen-bond acceptors (Lipinski definition) is 3. The highest BCUT2D eigenvalue weighted by Gasteiger charge is 2.27. The van der Waals surface area contributed by atoms with Gasteiger partial charge in [-0.3, -0.25) is 0 Å². The third kappa shape index (κ3) is 3.09. The summed E-state index contributed by atoms with van der Waals surface area (Å²) < 4.78 is 36.1. The van der Waals surface area contributed by atoms with E-state index in [4.69, 9.17) is 0 Å². The Morgan fingerprint density at radius 2 is 1.94 bits per heavy atom. The summed E-state index contributed by atoms with van der Waals surface area (Å²) in [4.78, 5) is 0. The number of rotatable bonds is 3. The molecule has 3 nitrogen and oxygen atoms in total. The van der Waals surface area contributed by atoms with Gasteiger partial charge in [-0.15, -0.1) is 0 Å². The Morgan fingerprint density at radius 1 is 1.33 bits per heavy atom. The van der Waals surface area contributed by atoms with Crippen molar-refractivity contribution in [2.75, 3.05) is 11.5 Å². The van der Waals surface area contributed by atoms with E-state index < -0.39 is 9.84 Å². The topological polar surface area (TPSA) is 46.2 Å². The number of benzene rings is 1. The molecule has 5 heteroatoms. The van der Waals surface area contributed by atoms with Gasteiger partial charge in [0, 0.05) is 12.6 Å². The van der Waals surface area contributed by atoms with Gasteiger partial charge in [-0.05, 0) is 37.0 Å². The molecule has 0 amide bonds. The van der Waals surface area contributed by atoms with Crippen LogP contribution in [0, 0.1) is 19.7 Å². The first-order chi connectivity index (χ1) is 8.37. The lowest BCUT2D eigenvalue weighted by Gasteiger charge is -2.12. The maximum Gasteiger partial charge on any atom is 0.151 e. The minimum absolute atomic E-state index is 0.0284. The van der Waals surface area contributed by atoms with E-state index in [9.17, 15) is 12.8 Å². The average Bonchev–Trinajstić information content (AvgIpc) is 2.63. The summed E-state index contributed by atoms with van der Waals surface area (Å²) in [6.45, 7) is 4.07. The van der Waals surface area contributed by atoms with E-state index in [1.807, 2.05) is 0 Å². The van der Waals surface area contributed by atoms with Gasteiger partial charge in [0.15, 0.2) is 9.84 Å². The van der Waals surface area contributed by atoms with Crippen LogP contribution < -0.4 is 5.32 Å². The van der Waals surface area contributed by atoms with Crippen LogP contribution in [0.25, 0.3) is 0 Å². The summed E-state index contributed by atoms with van der Waals surface area (Å²) in [6, 6.07) is 3.64. The number of nitrogens with one attached hydrogen (secondary N) is 1. The molecule has 1 heterocycles. The van der Waals surface area contributed by atoms with Crippen molar-refractivity contribution in [2.24, 2.45) is 0 Å². The SMILES string of the molecule is Cc1cc(CNC2CCS(=O)(=O)C2)cc(C)c1F. The fourth-order valence-electron chi connectivity index (χ4n) is 2.36. The van der Waals surface area contributed by atoms with E-state index in [1.54, 1.807) is 26.0 Å². The zero-order valence-electron chi connectivity index (χ0n) is 10.7. The van der Waals surface area contributed by atoms with Gasteiger partial charge in [-0.2, -0.15) is 0 Å². The van der Waals surface area contributed by atoms with Crippen LogP contribution in [0.1, 0.15) is 23.1 Å². The normalized spacial score (nSPS) is 22.3. The van der Waals surface area contributed by atoms with Crippen LogP contribution in [0.4, 0.5) is 4.39 Å². The van der Waals surface area contributed by atoms with Crippen molar-refractivity contribution in [1.82, 2.24) is 5.32 Å². The number of sulfone groups is 1. The first kappa shape index (κ1) is 13.5. The largest absolute Gasteiger partial charge is 0.309 e. The van der Waals surface area contributed by atoms with Crippen LogP contribution in [0.15, 0.2) is 12.1 Å². The molecular formula is C13H18FNO2S. The van der Waals surface area contributed by atoms with Crippen molar-refractivity contribution in [1.29, 1.82) is 0 Å². The minimum Gasteiger partial charge on any atom is -0.309 e. The molecular weight excluding hydrogens is 253 g/mol. The lowest BCUT2D eigenvalue weighted by Crippen LogP contribution is -2.29. The van der Waals surface area contributed by atoms with Crippen LogP contribution >= 0.6 is 0 Å². The molecule has 1 aromatic carbocycles. The summed E-state index contributed by atoms with van der Waals surface area (Å²) in [5, 5.41) is 3.23. The number of hydrogen-bond donors (Lipinski definition) is 1. The zero-order valence-corrected chi connectivity index (χ0v) is 11.5. The highest BCUT2D eigenvalue weighted by atomic mass is 32.2. The van der Waals surface area contributed by atoms with E-state index in [1.165, 1.54) is 0 Å². The van der Waals surface area contributed by atoms with E-state index in [0.29, 0.717) is 24.1 Å². The highest BCUT2D eigenvalue weighted by molar-refractivity contribution is 7.91. The molecule has 0 spiro atoms. The first-order valence-electron chi connectivity index (χ1n) is 6.07. The molecule has 1 unspecified atom stereocenters. The van der Waals surface area contributed by atoms with Crippen LogP contribution in [0.5, 0.6) is 0 Å². The summed E-state index contributed by atoms with van der Waals surface area (Å²) in [5.41, 5.74) is 2.26. The molecule has 0 aliphatic carbocycles. The Hall–Kier alpha value is -0.940. The Balaban J connectivity index is 1.99. The van der Waals surface area contributed by atoms with Crippen LogP contribution in [0.2, 0.25) is 0 Å². The van der Waals surface area contributed by atoms with E-state index in [2.05, 4.69) is 5.32 Å². The third-order valence-corrected chi connectivity index (χ3v) is 5.09. The van der Waals surface area contributed by atoms with Crippen molar-refractivity contribution in [2.45, 2.75) is 32.9 Å². The Kier molecular flexibility index (Phi) is 3.73. The Labute approximate surface area is 107 Å². The quantitative estimate of drug-likeness (QED) is 0.910. The molecule has 1 aliphatic heterocycles. The minimum atomic E-state index is -2.85. The van der Waals surface area contributed by atoms with Crippen LogP contribution in [-0.2, 0) is 16.4 Å². The predicted octanol–water partition coefficient (Wildman–Crippen LogP) is 1.72. The molecule has 1 saturated heterocycles. The lowest BCUT2D eigenvalue weighted by atomic mass is 10.1. The molecule has 1 N–H and O–H groups in total. The highest BCUT2D eigenvalue weighted by Crippen LogP contribution is 2.16. The average molecular weight is 271 g/mol. The van der Waals surface area contributed by atoms with Gasteiger partial charge in [0.05, 0.1) is 11.5 Å². The van der Waals surface area contributed by atoms with Gasteiger partial charge in [-0.1, -0.05) is 12.1 Å². The number of halogens is 1. The van der Waals surface area contributed by atoms with E-state index in [-0.39, 0.29) is 23.4 Å². The summed E-state index contributed by atoms with van der Waals surface area (Å²) in [6.07, 6.45) is 0.668. The summed E-state index contributed by atoms with van der Waals surface area (Å²) in [5.74, 6) is 0.320. The standard InChI is InChI=1S/C13H18FNO2S/c1-9-5-11(6-10(2)13(9)14)7-15-12-3-4-18(16,17)8-12/h5-6,12,15H,3-4,7-8H2,1-2H3. The molecule has 0 bridgehead atoms. The predicted molar refractivity (Wildman–Crippen MR) is 69.8 cm³/mol. The fourth-order valence-corrected chi connectivity index (χ4v) is 4.06. The molecule has 0 aromatic heterocycles. The Bertz CT molecular complexity index is 531. The lowest BCUT2D eigenvalue weighted by molar-refractivity contribution is 0.552. The molecule has 0 radical (unpaired) electrons. The monoisotopic (exact) mass is 271 g/mol. The second-order valence-electron chi connectivity index (χ2n) is 5.02. The van der Waals surface area contributed by atoms with Crippen LogP contribution in [-0.4, -0.2) is 26.0 Å². The zero-order chi connectivity index (χ0) is 13.3. The van der Waals surface area contributed by atoms with Gasteiger partial charge in [-0.25, -0.2) is 12.8 Å².